The smallest absolute Gasteiger partial charge is 0.325 e. The minimum absolute atomic E-state index is 0.0849. The number of rotatable bonds is 11. The first-order valence-electron chi connectivity index (χ1n) is 12.3. The van der Waals surface area contributed by atoms with E-state index in [2.05, 4.69) is 10.6 Å². The van der Waals surface area contributed by atoms with Crippen LogP contribution in [-0.4, -0.2) is 51.7 Å². The lowest BCUT2D eigenvalue weighted by molar-refractivity contribution is -0.148. The summed E-state index contributed by atoms with van der Waals surface area (Å²) in [4.78, 5) is 36.5. The number of esters is 1. The zero-order valence-electron chi connectivity index (χ0n) is 20.2. The maximum Gasteiger partial charge on any atom is 0.325 e. The summed E-state index contributed by atoms with van der Waals surface area (Å²) in [5, 5.41) is 5.43. The summed E-state index contributed by atoms with van der Waals surface area (Å²) >= 11 is 0. The van der Waals surface area contributed by atoms with Gasteiger partial charge in [0.15, 0.2) is 18.1 Å². The highest BCUT2D eigenvalue weighted by molar-refractivity contribution is 5.84. The van der Waals surface area contributed by atoms with Crippen molar-refractivity contribution in [1.82, 2.24) is 10.6 Å². The predicted octanol–water partition coefficient (Wildman–Crippen LogP) is 2.63. The fraction of sp³-hybridized carbons (Fsp3) is 0.654. The number of hydrogen-bond donors (Lipinski definition) is 2. The van der Waals surface area contributed by atoms with Gasteiger partial charge in [0.2, 0.25) is 5.91 Å². The molecule has 0 aromatic heterocycles. The monoisotopic (exact) mass is 472 g/mol. The lowest BCUT2D eigenvalue weighted by atomic mass is 9.49. The normalized spacial score (nSPS) is 26.6. The number of methoxy groups -OCH3 is 2. The Labute approximate surface area is 201 Å². The number of nitrogens with one attached hydrogen (secondary N) is 2. The van der Waals surface area contributed by atoms with Gasteiger partial charge in [-0.2, -0.15) is 0 Å². The fourth-order valence-electron chi connectivity index (χ4n) is 6.71. The van der Waals surface area contributed by atoms with E-state index in [0.29, 0.717) is 30.9 Å². The number of amides is 2. The maximum atomic E-state index is 12.5. The van der Waals surface area contributed by atoms with Crippen LogP contribution in [0.5, 0.6) is 11.5 Å². The van der Waals surface area contributed by atoms with E-state index in [1.807, 2.05) is 18.2 Å². The molecule has 1 aromatic carbocycles. The van der Waals surface area contributed by atoms with Crippen molar-refractivity contribution in [3.8, 4) is 11.5 Å². The minimum Gasteiger partial charge on any atom is -0.493 e. The molecule has 2 amide bonds. The molecular formula is C26H36N2O6. The summed E-state index contributed by atoms with van der Waals surface area (Å²) in [7, 11) is 3.15. The van der Waals surface area contributed by atoms with E-state index in [9.17, 15) is 14.4 Å². The molecule has 0 spiro atoms. The van der Waals surface area contributed by atoms with Crippen LogP contribution in [0.2, 0.25) is 0 Å². The van der Waals surface area contributed by atoms with Crippen molar-refractivity contribution in [1.29, 1.82) is 0 Å². The number of ether oxygens (including phenoxy) is 3. The third-order valence-electron chi connectivity index (χ3n) is 7.68. The minimum atomic E-state index is -0.603. The second-order valence-electron chi connectivity index (χ2n) is 10.3. The standard InChI is InChI=1S/C26H36N2O6/c1-32-21-4-3-17(10-22(21)33-2)5-6-27-24(30)16-34-25(31)15-28-23(29)14-26-11-18-7-19(12-26)9-20(8-18)13-26/h3-4,10,18-20H,5-9,11-16H2,1-2H3,(H,27,30)(H,28,29). The fourth-order valence-corrected chi connectivity index (χ4v) is 6.71. The van der Waals surface area contributed by atoms with E-state index >= 15 is 0 Å². The van der Waals surface area contributed by atoms with Crippen LogP contribution in [0.15, 0.2) is 18.2 Å². The lowest BCUT2D eigenvalue weighted by Crippen LogP contribution is -2.48. The van der Waals surface area contributed by atoms with Gasteiger partial charge in [-0.3, -0.25) is 14.4 Å². The Morgan fingerprint density at radius 1 is 0.912 bits per heavy atom. The molecule has 5 rings (SSSR count). The van der Waals surface area contributed by atoms with Gasteiger partial charge < -0.3 is 24.8 Å². The van der Waals surface area contributed by atoms with Crippen LogP contribution in [0.25, 0.3) is 0 Å². The maximum absolute atomic E-state index is 12.5. The zero-order chi connectivity index (χ0) is 24.1. The van der Waals surface area contributed by atoms with E-state index in [4.69, 9.17) is 14.2 Å². The lowest BCUT2D eigenvalue weighted by Gasteiger charge is -2.56. The average Bonchev–Trinajstić information content (AvgIpc) is 2.80. The molecule has 4 aliphatic carbocycles. The van der Waals surface area contributed by atoms with Crippen LogP contribution >= 0.6 is 0 Å². The van der Waals surface area contributed by atoms with Crippen LogP contribution in [0.4, 0.5) is 0 Å². The molecule has 0 heterocycles. The topological polar surface area (TPSA) is 103 Å². The molecule has 186 valence electrons. The summed E-state index contributed by atoms with van der Waals surface area (Å²) in [6, 6.07) is 5.58. The van der Waals surface area contributed by atoms with Crippen molar-refractivity contribution in [3.05, 3.63) is 23.8 Å². The number of carbonyl (C=O) groups is 3. The van der Waals surface area contributed by atoms with Gasteiger partial charge in [-0.05, 0) is 85.8 Å². The molecule has 1 aromatic rings. The van der Waals surface area contributed by atoms with Gasteiger partial charge in [0, 0.05) is 13.0 Å². The van der Waals surface area contributed by atoms with Crippen molar-refractivity contribution in [2.45, 2.75) is 51.4 Å². The van der Waals surface area contributed by atoms with Crippen LogP contribution in [0.1, 0.15) is 50.5 Å². The molecule has 4 saturated carbocycles. The molecule has 8 heteroatoms. The van der Waals surface area contributed by atoms with Gasteiger partial charge in [0.1, 0.15) is 6.54 Å². The number of benzene rings is 1. The first-order chi connectivity index (χ1) is 16.4. The summed E-state index contributed by atoms with van der Waals surface area (Å²) < 4.78 is 15.5. The van der Waals surface area contributed by atoms with E-state index in [-0.39, 0.29) is 30.4 Å². The predicted molar refractivity (Wildman–Crippen MR) is 125 cm³/mol. The Kier molecular flexibility index (Phi) is 7.63. The highest BCUT2D eigenvalue weighted by Crippen LogP contribution is 2.61. The van der Waals surface area contributed by atoms with E-state index in [1.165, 1.54) is 19.3 Å². The van der Waals surface area contributed by atoms with Gasteiger partial charge in [-0.1, -0.05) is 6.07 Å². The van der Waals surface area contributed by atoms with Crippen molar-refractivity contribution >= 4 is 17.8 Å². The van der Waals surface area contributed by atoms with Gasteiger partial charge in [-0.25, -0.2) is 0 Å². The molecule has 34 heavy (non-hydrogen) atoms. The second kappa shape index (κ2) is 10.7. The molecule has 4 bridgehead atoms. The summed E-state index contributed by atoms with van der Waals surface area (Å²) in [5.41, 5.74) is 1.12. The highest BCUT2D eigenvalue weighted by atomic mass is 16.5. The van der Waals surface area contributed by atoms with Crippen molar-refractivity contribution in [2.75, 3.05) is 33.9 Å². The molecule has 4 fully saturated rings. The Hall–Kier alpha value is -2.77. The van der Waals surface area contributed by atoms with Crippen LogP contribution in [0.3, 0.4) is 0 Å². The molecule has 0 saturated heterocycles. The average molecular weight is 473 g/mol. The third kappa shape index (κ3) is 6.02. The zero-order valence-corrected chi connectivity index (χ0v) is 20.2. The Balaban J connectivity index is 1.11. The van der Waals surface area contributed by atoms with Gasteiger partial charge in [-0.15, -0.1) is 0 Å². The second-order valence-corrected chi connectivity index (χ2v) is 10.3. The number of hydrogen-bond acceptors (Lipinski definition) is 6. The summed E-state index contributed by atoms with van der Waals surface area (Å²) in [5.74, 6) is 2.57. The first-order valence-corrected chi connectivity index (χ1v) is 12.3. The van der Waals surface area contributed by atoms with Crippen LogP contribution < -0.4 is 20.1 Å². The molecule has 0 unspecified atom stereocenters. The van der Waals surface area contributed by atoms with Crippen LogP contribution in [0, 0.1) is 23.2 Å². The van der Waals surface area contributed by atoms with Crippen molar-refractivity contribution in [3.63, 3.8) is 0 Å². The molecule has 2 N–H and O–H groups in total. The molecular weight excluding hydrogens is 436 g/mol. The summed E-state index contributed by atoms with van der Waals surface area (Å²) in [6.45, 7) is -0.173. The molecule has 0 aliphatic heterocycles. The van der Waals surface area contributed by atoms with Crippen molar-refractivity contribution in [2.24, 2.45) is 23.2 Å². The quantitative estimate of drug-likeness (QED) is 0.480. The molecule has 0 radical (unpaired) electrons. The van der Waals surface area contributed by atoms with Crippen LogP contribution in [-0.2, 0) is 25.5 Å². The molecule has 4 aliphatic rings. The van der Waals surface area contributed by atoms with E-state index in [1.54, 1.807) is 14.2 Å². The Bertz CT molecular complexity index is 879. The Morgan fingerprint density at radius 2 is 1.56 bits per heavy atom. The summed E-state index contributed by atoms with van der Waals surface area (Å²) in [6.07, 6.45) is 8.57. The van der Waals surface area contributed by atoms with E-state index in [0.717, 1.165) is 42.6 Å². The van der Waals surface area contributed by atoms with E-state index < -0.39 is 5.97 Å². The third-order valence-corrected chi connectivity index (χ3v) is 7.68. The first kappa shape index (κ1) is 24.4. The van der Waals surface area contributed by atoms with Crippen molar-refractivity contribution < 1.29 is 28.6 Å². The Morgan fingerprint density at radius 3 is 2.18 bits per heavy atom. The highest BCUT2D eigenvalue weighted by Gasteiger charge is 2.51. The van der Waals surface area contributed by atoms with Gasteiger partial charge in [0.25, 0.3) is 5.91 Å². The molecule has 0 atom stereocenters. The SMILES string of the molecule is COc1ccc(CCNC(=O)COC(=O)CNC(=O)CC23CC4CC(CC(C4)C2)C3)cc1OC. The van der Waals surface area contributed by atoms with Gasteiger partial charge >= 0.3 is 5.97 Å². The number of carbonyl (C=O) groups excluding carboxylic acids is 3. The largest absolute Gasteiger partial charge is 0.493 e. The van der Waals surface area contributed by atoms with Gasteiger partial charge in [0.05, 0.1) is 14.2 Å². The molecule has 8 nitrogen and oxygen atoms in total.